The highest BCUT2D eigenvalue weighted by atomic mass is 35.5. The second-order valence-corrected chi connectivity index (χ2v) is 5.11. The Hall–Kier alpha value is -1.85. The smallest absolute Gasteiger partial charge is 0.254 e. The summed E-state index contributed by atoms with van der Waals surface area (Å²) >= 11 is 0. The van der Waals surface area contributed by atoms with E-state index in [1.54, 1.807) is 6.20 Å². The minimum atomic E-state index is -0.0472. The van der Waals surface area contributed by atoms with Gasteiger partial charge in [-0.25, -0.2) is 0 Å². The third-order valence-corrected chi connectivity index (χ3v) is 3.54. The average Bonchev–Trinajstić information content (AvgIpc) is 2.95. The van der Waals surface area contributed by atoms with E-state index in [4.69, 9.17) is 0 Å². The van der Waals surface area contributed by atoms with Crippen molar-refractivity contribution in [1.82, 2.24) is 20.4 Å². The van der Waals surface area contributed by atoms with E-state index >= 15 is 0 Å². The summed E-state index contributed by atoms with van der Waals surface area (Å²) in [7, 11) is 0. The largest absolute Gasteiger partial charge is 0.351 e. The van der Waals surface area contributed by atoms with E-state index in [1.165, 1.54) is 5.56 Å². The first-order valence-electron chi connectivity index (χ1n) is 7.83. The molecule has 0 aliphatic heterocycles. The zero-order valence-electron chi connectivity index (χ0n) is 13.7. The van der Waals surface area contributed by atoms with Gasteiger partial charge in [0.05, 0.1) is 24.0 Å². The highest BCUT2D eigenvalue weighted by Crippen LogP contribution is 2.12. The Labute approximate surface area is 143 Å². The van der Waals surface area contributed by atoms with Crippen LogP contribution >= 0.6 is 12.4 Å². The number of nitrogens with zero attached hydrogens (tertiary/aromatic N) is 2. The molecule has 0 spiro atoms. The van der Waals surface area contributed by atoms with E-state index < -0.39 is 0 Å². The molecule has 1 amide bonds. The molecule has 0 fully saturated rings. The predicted octanol–water partition coefficient (Wildman–Crippen LogP) is 2.25. The maximum absolute atomic E-state index is 12.3. The van der Waals surface area contributed by atoms with Gasteiger partial charge >= 0.3 is 0 Å². The van der Waals surface area contributed by atoms with E-state index in [1.807, 2.05) is 36.7 Å². The summed E-state index contributed by atoms with van der Waals surface area (Å²) in [4.78, 5) is 12.3. The highest BCUT2D eigenvalue weighted by Gasteiger charge is 2.15. The molecule has 0 saturated carbocycles. The fourth-order valence-corrected chi connectivity index (χ4v) is 2.40. The summed E-state index contributed by atoms with van der Waals surface area (Å²) in [5.41, 5.74) is 2.83. The molecule has 23 heavy (non-hydrogen) atoms. The quantitative estimate of drug-likeness (QED) is 0.727. The van der Waals surface area contributed by atoms with E-state index in [2.05, 4.69) is 27.9 Å². The highest BCUT2D eigenvalue weighted by molar-refractivity contribution is 5.95. The number of amides is 1. The third-order valence-electron chi connectivity index (χ3n) is 3.54. The molecule has 1 heterocycles. The van der Waals surface area contributed by atoms with E-state index in [0.717, 1.165) is 25.2 Å². The van der Waals surface area contributed by atoms with Crippen molar-refractivity contribution >= 4 is 18.3 Å². The molecule has 126 valence electrons. The van der Waals surface area contributed by atoms with Gasteiger partial charge in [-0.3, -0.25) is 9.48 Å². The Morgan fingerprint density at radius 1 is 1.17 bits per heavy atom. The molecule has 0 aliphatic carbocycles. The van der Waals surface area contributed by atoms with E-state index in [0.29, 0.717) is 18.7 Å². The van der Waals surface area contributed by atoms with Crippen molar-refractivity contribution in [2.45, 2.75) is 26.8 Å². The van der Waals surface area contributed by atoms with E-state index in [-0.39, 0.29) is 18.3 Å². The molecule has 0 saturated heterocycles. The number of benzene rings is 1. The first-order chi connectivity index (χ1) is 10.8. The molecule has 0 aliphatic rings. The van der Waals surface area contributed by atoms with Crippen LogP contribution in [0.2, 0.25) is 0 Å². The average molecular weight is 337 g/mol. The van der Waals surface area contributed by atoms with E-state index in [9.17, 15) is 4.79 Å². The van der Waals surface area contributed by atoms with Crippen molar-refractivity contribution in [3.8, 4) is 0 Å². The van der Waals surface area contributed by atoms with Gasteiger partial charge in [-0.05, 0) is 18.5 Å². The second kappa shape index (κ2) is 10.0. The maximum Gasteiger partial charge on any atom is 0.254 e. The molecule has 0 atom stereocenters. The minimum absolute atomic E-state index is 0. The number of hydrogen-bond acceptors (Lipinski definition) is 3. The van der Waals surface area contributed by atoms with Gasteiger partial charge in [-0.15, -0.1) is 12.4 Å². The van der Waals surface area contributed by atoms with Gasteiger partial charge in [0.25, 0.3) is 5.91 Å². The van der Waals surface area contributed by atoms with Gasteiger partial charge < -0.3 is 10.6 Å². The number of carbonyl (C=O) groups excluding carboxylic acids is 1. The Morgan fingerprint density at radius 2 is 1.91 bits per heavy atom. The standard InChI is InChI=1S/C17H24N4O.ClH/c1-3-16-15(17(22)19-11-10-18-4-2)12-20-21(16)13-14-8-6-5-7-9-14;/h5-9,12,18H,3-4,10-11,13H2,1-2H3,(H,19,22);1H. The zero-order valence-corrected chi connectivity index (χ0v) is 14.5. The number of rotatable bonds is 8. The maximum atomic E-state index is 12.3. The van der Waals surface area contributed by atoms with Crippen LogP contribution in [0, 0.1) is 0 Å². The monoisotopic (exact) mass is 336 g/mol. The van der Waals surface area contributed by atoms with Gasteiger partial charge in [0.1, 0.15) is 0 Å². The van der Waals surface area contributed by atoms with Crippen molar-refractivity contribution in [3.63, 3.8) is 0 Å². The molecule has 6 heteroatoms. The lowest BCUT2D eigenvalue weighted by molar-refractivity contribution is 0.0953. The molecule has 1 aromatic heterocycles. The molecule has 1 aromatic carbocycles. The van der Waals surface area contributed by atoms with Crippen molar-refractivity contribution in [2.24, 2.45) is 0 Å². The second-order valence-electron chi connectivity index (χ2n) is 5.11. The van der Waals surface area contributed by atoms with Crippen LogP contribution in [-0.4, -0.2) is 35.3 Å². The molecule has 0 radical (unpaired) electrons. The van der Waals surface area contributed by atoms with Gasteiger partial charge in [0, 0.05) is 13.1 Å². The molecule has 2 rings (SSSR count). The lowest BCUT2D eigenvalue weighted by Crippen LogP contribution is -2.32. The Morgan fingerprint density at radius 3 is 2.57 bits per heavy atom. The molecular formula is C17H25ClN4O. The Bertz CT molecular complexity index is 598. The fraction of sp³-hybridized carbons (Fsp3) is 0.412. The number of halogens is 1. The van der Waals surface area contributed by atoms with Crippen molar-refractivity contribution < 1.29 is 4.79 Å². The summed E-state index contributed by atoms with van der Waals surface area (Å²) in [6.07, 6.45) is 2.45. The summed E-state index contributed by atoms with van der Waals surface area (Å²) in [6, 6.07) is 10.2. The van der Waals surface area contributed by atoms with Crippen LogP contribution in [0.4, 0.5) is 0 Å². The predicted molar refractivity (Wildman–Crippen MR) is 95.3 cm³/mol. The van der Waals surface area contributed by atoms with Gasteiger partial charge in [0.2, 0.25) is 0 Å². The first kappa shape index (κ1) is 19.2. The molecule has 2 aromatic rings. The van der Waals surface area contributed by atoms with Crippen LogP contribution in [0.3, 0.4) is 0 Å². The summed E-state index contributed by atoms with van der Waals surface area (Å²) < 4.78 is 1.91. The van der Waals surface area contributed by atoms with Crippen LogP contribution in [0.5, 0.6) is 0 Å². The number of carbonyl (C=O) groups is 1. The zero-order chi connectivity index (χ0) is 15.8. The summed E-state index contributed by atoms with van der Waals surface area (Å²) in [5, 5.41) is 10.5. The molecule has 5 nitrogen and oxygen atoms in total. The minimum Gasteiger partial charge on any atom is -0.351 e. The van der Waals surface area contributed by atoms with Gasteiger partial charge in [0.15, 0.2) is 0 Å². The molecular weight excluding hydrogens is 312 g/mol. The topological polar surface area (TPSA) is 58.9 Å². The third kappa shape index (κ3) is 5.37. The Balaban J connectivity index is 0.00000264. The summed E-state index contributed by atoms with van der Waals surface area (Å²) in [6.45, 7) is 7.10. The normalized spacial score (nSPS) is 10.2. The molecule has 0 unspecified atom stereocenters. The lowest BCUT2D eigenvalue weighted by Gasteiger charge is -2.09. The van der Waals surface area contributed by atoms with Crippen molar-refractivity contribution in [1.29, 1.82) is 0 Å². The van der Waals surface area contributed by atoms with Crippen LogP contribution in [-0.2, 0) is 13.0 Å². The Kier molecular flexibility index (Phi) is 8.37. The number of nitrogens with one attached hydrogen (secondary N) is 2. The molecule has 0 bridgehead atoms. The first-order valence-corrected chi connectivity index (χ1v) is 7.83. The van der Waals surface area contributed by atoms with Gasteiger partial charge in [-0.1, -0.05) is 44.2 Å². The summed E-state index contributed by atoms with van der Waals surface area (Å²) in [5.74, 6) is -0.0472. The fourth-order valence-electron chi connectivity index (χ4n) is 2.40. The number of hydrogen-bond donors (Lipinski definition) is 2. The lowest BCUT2D eigenvalue weighted by atomic mass is 10.1. The SMILES string of the molecule is CCNCCNC(=O)c1cnn(Cc2ccccc2)c1CC.Cl. The number of aromatic nitrogens is 2. The van der Waals surface area contributed by atoms with Crippen LogP contribution < -0.4 is 10.6 Å². The number of likely N-dealkylation sites (N-methyl/N-ethyl adjacent to an activating group) is 1. The molecule has 2 N–H and O–H groups in total. The van der Waals surface area contributed by atoms with Crippen molar-refractivity contribution in [2.75, 3.05) is 19.6 Å². The van der Waals surface area contributed by atoms with Crippen LogP contribution in [0.25, 0.3) is 0 Å². The van der Waals surface area contributed by atoms with Crippen LogP contribution in [0.15, 0.2) is 36.5 Å². The van der Waals surface area contributed by atoms with Crippen LogP contribution in [0.1, 0.15) is 35.5 Å². The van der Waals surface area contributed by atoms with Gasteiger partial charge in [-0.2, -0.15) is 5.10 Å². The van der Waals surface area contributed by atoms with Crippen molar-refractivity contribution in [3.05, 3.63) is 53.3 Å².